The molecule has 0 atom stereocenters. The van der Waals surface area contributed by atoms with Gasteiger partial charge in [-0.3, -0.25) is 14.5 Å². The van der Waals surface area contributed by atoms with Gasteiger partial charge in [0.25, 0.3) is 0 Å². The van der Waals surface area contributed by atoms with Gasteiger partial charge in [-0.1, -0.05) is 35.3 Å². The standard InChI is InChI=1S/C19H19Cl2N3O4/c1-2-28-19(27)23-11-24(17(25)10-22)16-8-7-12(20)9-14(16)18(26)13-5-3-4-6-15(13)21/h3-9H,2,10-11,22H2,1H3,(H,23,27). The first-order valence-corrected chi connectivity index (χ1v) is 9.14. The molecule has 0 unspecified atom stereocenters. The fourth-order valence-electron chi connectivity index (χ4n) is 2.46. The van der Waals surface area contributed by atoms with Crippen LogP contribution >= 0.6 is 23.2 Å². The number of carbonyl (C=O) groups is 3. The molecule has 0 saturated heterocycles. The summed E-state index contributed by atoms with van der Waals surface area (Å²) < 4.78 is 4.80. The van der Waals surface area contributed by atoms with Crippen LogP contribution in [0.5, 0.6) is 0 Å². The highest BCUT2D eigenvalue weighted by molar-refractivity contribution is 6.36. The first kappa shape index (κ1) is 21.7. The van der Waals surface area contributed by atoms with E-state index >= 15 is 0 Å². The average Bonchev–Trinajstić information content (AvgIpc) is 2.68. The Hall–Kier alpha value is -2.61. The number of amides is 2. The fraction of sp³-hybridized carbons (Fsp3) is 0.211. The highest BCUT2D eigenvalue weighted by atomic mass is 35.5. The number of anilines is 1. The first-order valence-electron chi connectivity index (χ1n) is 8.38. The number of hydrogen-bond acceptors (Lipinski definition) is 5. The number of alkyl carbamates (subject to hydrolysis) is 1. The van der Waals surface area contributed by atoms with Crippen molar-refractivity contribution in [3.05, 3.63) is 63.6 Å². The third-order valence-electron chi connectivity index (χ3n) is 3.75. The molecule has 0 heterocycles. The number of halogens is 2. The molecular weight excluding hydrogens is 405 g/mol. The van der Waals surface area contributed by atoms with Crippen molar-refractivity contribution in [1.82, 2.24) is 5.32 Å². The second-order valence-electron chi connectivity index (χ2n) is 5.55. The number of nitrogens with zero attached hydrogens (tertiary/aromatic N) is 1. The van der Waals surface area contributed by atoms with Gasteiger partial charge in [-0.05, 0) is 37.3 Å². The van der Waals surface area contributed by atoms with Crippen LogP contribution in [0.3, 0.4) is 0 Å². The molecule has 2 rings (SSSR count). The van der Waals surface area contributed by atoms with Crippen molar-refractivity contribution in [2.24, 2.45) is 5.73 Å². The van der Waals surface area contributed by atoms with Gasteiger partial charge in [0.15, 0.2) is 5.78 Å². The summed E-state index contributed by atoms with van der Waals surface area (Å²) in [6.07, 6.45) is -0.703. The molecule has 0 bridgehead atoms. The van der Waals surface area contributed by atoms with Gasteiger partial charge in [0.2, 0.25) is 5.91 Å². The second kappa shape index (κ2) is 10.1. The lowest BCUT2D eigenvalue weighted by Crippen LogP contribution is -2.44. The summed E-state index contributed by atoms with van der Waals surface area (Å²) in [5.74, 6) is -0.929. The largest absolute Gasteiger partial charge is 0.450 e. The first-order chi connectivity index (χ1) is 13.4. The van der Waals surface area contributed by atoms with Crippen molar-refractivity contribution in [1.29, 1.82) is 0 Å². The van der Waals surface area contributed by atoms with Crippen molar-refractivity contribution in [3.63, 3.8) is 0 Å². The number of ether oxygens (including phenoxy) is 1. The molecule has 0 aliphatic carbocycles. The van der Waals surface area contributed by atoms with Crippen LogP contribution in [0.1, 0.15) is 22.8 Å². The van der Waals surface area contributed by atoms with Crippen LogP contribution in [0, 0.1) is 0 Å². The van der Waals surface area contributed by atoms with E-state index in [0.29, 0.717) is 5.02 Å². The van der Waals surface area contributed by atoms with E-state index in [9.17, 15) is 14.4 Å². The molecule has 0 saturated carbocycles. The van der Waals surface area contributed by atoms with Gasteiger partial charge in [-0.2, -0.15) is 0 Å². The summed E-state index contributed by atoms with van der Waals surface area (Å²) in [6.45, 7) is 1.27. The quantitative estimate of drug-likeness (QED) is 0.525. The highest BCUT2D eigenvalue weighted by Crippen LogP contribution is 2.29. The summed E-state index contributed by atoms with van der Waals surface area (Å²) in [4.78, 5) is 38.3. The maximum absolute atomic E-state index is 13.1. The van der Waals surface area contributed by atoms with Crippen molar-refractivity contribution in [2.45, 2.75) is 6.92 Å². The lowest BCUT2D eigenvalue weighted by atomic mass is 10.0. The molecule has 2 aromatic rings. The Morgan fingerprint density at radius 2 is 1.82 bits per heavy atom. The van der Waals surface area contributed by atoms with E-state index in [1.165, 1.54) is 23.1 Å². The van der Waals surface area contributed by atoms with E-state index in [-0.39, 0.29) is 41.7 Å². The molecule has 0 aliphatic heterocycles. The Kier molecular flexibility index (Phi) is 7.80. The number of ketones is 1. The summed E-state index contributed by atoms with van der Waals surface area (Å²) >= 11 is 12.2. The lowest BCUT2D eigenvalue weighted by Gasteiger charge is -2.25. The van der Waals surface area contributed by atoms with E-state index in [0.717, 1.165) is 0 Å². The van der Waals surface area contributed by atoms with Crippen LogP contribution in [0.25, 0.3) is 0 Å². The molecule has 9 heteroatoms. The molecule has 7 nitrogen and oxygen atoms in total. The minimum Gasteiger partial charge on any atom is -0.450 e. The van der Waals surface area contributed by atoms with Gasteiger partial charge >= 0.3 is 6.09 Å². The average molecular weight is 424 g/mol. The number of benzene rings is 2. The molecule has 0 aromatic heterocycles. The maximum Gasteiger partial charge on any atom is 0.408 e. The minimum absolute atomic E-state index is 0.146. The fourth-order valence-corrected chi connectivity index (χ4v) is 2.85. The zero-order valence-corrected chi connectivity index (χ0v) is 16.6. The van der Waals surface area contributed by atoms with Crippen molar-refractivity contribution in [2.75, 3.05) is 24.7 Å². The van der Waals surface area contributed by atoms with E-state index in [4.69, 9.17) is 33.7 Å². The maximum atomic E-state index is 13.1. The summed E-state index contributed by atoms with van der Waals surface area (Å²) in [7, 11) is 0. The van der Waals surface area contributed by atoms with Gasteiger partial charge in [0.1, 0.15) is 6.67 Å². The van der Waals surface area contributed by atoms with Crippen LogP contribution in [-0.2, 0) is 9.53 Å². The number of nitrogens with one attached hydrogen (secondary N) is 1. The molecule has 3 N–H and O–H groups in total. The number of nitrogens with two attached hydrogens (primary N) is 1. The van der Waals surface area contributed by atoms with Crippen LogP contribution in [0.15, 0.2) is 42.5 Å². The van der Waals surface area contributed by atoms with Gasteiger partial charge in [-0.15, -0.1) is 0 Å². The summed E-state index contributed by atoms with van der Waals surface area (Å²) in [5, 5.41) is 3.01. The molecule has 0 aliphatic rings. The Morgan fingerprint density at radius 3 is 2.46 bits per heavy atom. The van der Waals surface area contributed by atoms with Gasteiger partial charge in [0.05, 0.1) is 23.9 Å². The molecule has 28 heavy (non-hydrogen) atoms. The smallest absolute Gasteiger partial charge is 0.408 e. The van der Waals surface area contributed by atoms with Crippen LogP contribution in [0.2, 0.25) is 10.0 Å². The molecule has 2 amide bonds. The van der Waals surface area contributed by atoms with Gasteiger partial charge in [-0.25, -0.2) is 4.79 Å². The van der Waals surface area contributed by atoms with Crippen LogP contribution in [-0.4, -0.2) is 37.6 Å². The summed E-state index contributed by atoms with van der Waals surface area (Å²) in [5.41, 5.74) is 6.14. The molecule has 0 spiro atoms. The molecule has 0 radical (unpaired) electrons. The molecule has 0 fully saturated rings. The predicted octanol–water partition coefficient (Wildman–Crippen LogP) is 3.22. The zero-order chi connectivity index (χ0) is 20.7. The van der Waals surface area contributed by atoms with Crippen molar-refractivity contribution in [3.8, 4) is 0 Å². The van der Waals surface area contributed by atoms with E-state index in [1.54, 1.807) is 31.2 Å². The number of hydrogen-bond donors (Lipinski definition) is 2. The van der Waals surface area contributed by atoms with E-state index < -0.39 is 17.8 Å². The number of carbonyl (C=O) groups excluding carboxylic acids is 3. The monoisotopic (exact) mass is 423 g/mol. The Morgan fingerprint density at radius 1 is 1.11 bits per heavy atom. The third kappa shape index (κ3) is 5.22. The van der Waals surface area contributed by atoms with E-state index in [2.05, 4.69) is 5.32 Å². The topological polar surface area (TPSA) is 102 Å². The van der Waals surface area contributed by atoms with Crippen LogP contribution < -0.4 is 16.0 Å². The SMILES string of the molecule is CCOC(=O)NCN(C(=O)CN)c1ccc(Cl)cc1C(=O)c1ccccc1Cl. The molecule has 148 valence electrons. The molecular formula is C19H19Cl2N3O4. The minimum atomic E-state index is -0.703. The summed E-state index contributed by atoms with van der Waals surface area (Å²) in [6, 6.07) is 11.0. The van der Waals surface area contributed by atoms with Crippen molar-refractivity contribution < 1.29 is 19.1 Å². The van der Waals surface area contributed by atoms with Crippen LogP contribution in [0.4, 0.5) is 10.5 Å². The van der Waals surface area contributed by atoms with Gasteiger partial charge in [0, 0.05) is 16.1 Å². The highest BCUT2D eigenvalue weighted by Gasteiger charge is 2.24. The Labute approximate surface area is 172 Å². The van der Waals surface area contributed by atoms with Crippen molar-refractivity contribution >= 4 is 46.7 Å². The predicted molar refractivity (Wildman–Crippen MR) is 108 cm³/mol. The normalized spacial score (nSPS) is 10.3. The molecule has 2 aromatic carbocycles. The Balaban J connectivity index is 2.46. The second-order valence-corrected chi connectivity index (χ2v) is 6.40. The Bertz CT molecular complexity index is 889. The zero-order valence-electron chi connectivity index (χ0n) is 15.1. The third-order valence-corrected chi connectivity index (χ3v) is 4.31. The van der Waals surface area contributed by atoms with Gasteiger partial charge < -0.3 is 15.8 Å². The van der Waals surface area contributed by atoms with E-state index in [1.807, 2.05) is 0 Å². The number of rotatable bonds is 7. The lowest BCUT2D eigenvalue weighted by molar-refractivity contribution is -0.117.